The minimum atomic E-state index is -0.274. The number of carbonyl (C=O) groups is 1. The summed E-state index contributed by atoms with van der Waals surface area (Å²) in [6, 6.07) is 9.67. The van der Waals surface area contributed by atoms with Gasteiger partial charge in [-0.15, -0.1) is 11.8 Å². The first kappa shape index (κ1) is 18.8. The minimum Gasteiger partial charge on any atom is -0.494 e. The molecule has 0 radical (unpaired) electrons. The lowest BCUT2D eigenvalue weighted by Gasteiger charge is -2.05. The van der Waals surface area contributed by atoms with E-state index in [0.29, 0.717) is 33.6 Å². The Morgan fingerprint density at radius 3 is 2.81 bits per heavy atom. The molecule has 2 N–H and O–H groups in total. The topological polar surface area (TPSA) is 63.2 Å². The highest BCUT2D eigenvalue weighted by molar-refractivity contribution is 7.99. The number of methoxy groups -OCH3 is 1. The maximum Gasteiger partial charge on any atom is 0.239 e. The standard InChI is InChI=1S/C17H15ClFN3O2S2/c1-24-13-7-6-12(18)16-15(13)20-17(26-16)22-21-14(23)8-9-25-11-4-2-10(19)3-5-11/h2-7H,8-9H2,1H3,(H,20,22)(H,21,23). The number of carbonyl (C=O) groups excluding carboxylic acids is 1. The molecule has 9 heteroatoms. The first-order chi connectivity index (χ1) is 12.6. The van der Waals surface area contributed by atoms with Crippen molar-refractivity contribution in [1.82, 2.24) is 10.4 Å². The van der Waals surface area contributed by atoms with Crippen LogP contribution in [0.4, 0.5) is 9.52 Å². The highest BCUT2D eigenvalue weighted by Gasteiger charge is 2.12. The molecule has 0 atom stereocenters. The van der Waals surface area contributed by atoms with Crippen LogP contribution in [0.3, 0.4) is 0 Å². The van der Waals surface area contributed by atoms with E-state index in [1.165, 1.54) is 35.2 Å². The molecule has 0 spiro atoms. The third-order valence-corrected chi connectivity index (χ3v) is 5.84. The second-order valence-corrected chi connectivity index (χ2v) is 7.75. The summed E-state index contributed by atoms with van der Waals surface area (Å²) in [5, 5.41) is 1.10. The number of rotatable bonds is 7. The largest absolute Gasteiger partial charge is 0.494 e. The molecule has 0 saturated heterocycles. The molecule has 1 amide bonds. The number of thiazole rings is 1. The van der Waals surface area contributed by atoms with E-state index in [4.69, 9.17) is 16.3 Å². The van der Waals surface area contributed by atoms with E-state index in [2.05, 4.69) is 15.8 Å². The maximum absolute atomic E-state index is 12.8. The third kappa shape index (κ3) is 4.57. The van der Waals surface area contributed by atoms with E-state index >= 15 is 0 Å². The van der Waals surface area contributed by atoms with Crippen molar-refractivity contribution in [1.29, 1.82) is 0 Å². The van der Waals surface area contributed by atoms with Crippen LogP contribution in [0.1, 0.15) is 6.42 Å². The zero-order valence-corrected chi connectivity index (χ0v) is 16.1. The Morgan fingerprint density at radius 2 is 2.08 bits per heavy atom. The summed E-state index contributed by atoms with van der Waals surface area (Å²) < 4.78 is 18.9. The van der Waals surface area contributed by atoms with Gasteiger partial charge >= 0.3 is 0 Å². The lowest BCUT2D eigenvalue weighted by molar-refractivity contribution is -0.120. The van der Waals surface area contributed by atoms with Crippen LogP contribution in [0.25, 0.3) is 10.2 Å². The molecule has 0 bridgehead atoms. The number of nitrogens with one attached hydrogen (secondary N) is 2. The highest BCUT2D eigenvalue weighted by atomic mass is 35.5. The predicted octanol–water partition coefficient (Wildman–Crippen LogP) is 4.72. The average Bonchev–Trinajstić information content (AvgIpc) is 3.07. The Morgan fingerprint density at radius 1 is 1.31 bits per heavy atom. The Labute approximate surface area is 162 Å². The number of thioether (sulfide) groups is 1. The van der Waals surface area contributed by atoms with Crippen molar-refractivity contribution in [3.63, 3.8) is 0 Å². The number of hydrazine groups is 1. The Bertz CT molecular complexity index is 918. The van der Waals surface area contributed by atoms with Crippen LogP contribution in [0, 0.1) is 5.82 Å². The van der Waals surface area contributed by atoms with Gasteiger partial charge in [-0.2, -0.15) is 0 Å². The van der Waals surface area contributed by atoms with Crippen LogP contribution in [0.2, 0.25) is 5.02 Å². The Kier molecular flexibility index (Phi) is 6.18. The molecule has 136 valence electrons. The Balaban J connectivity index is 1.52. The number of nitrogens with zero attached hydrogens (tertiary/aromatic N) is 1. The SMILES string of the molecule is COc1ccc(Cl)c2sc(NNC(=O)CCSc3ccc(F)cc3)nc12. The lowest BCUT2D eigenvalue weighted by atomic mass is 10.3. The van der Waals surface area contributed by atoms with E-state index in [-0.39, 0.29) is 11.7 Å². The van der Waals surface area contributed by atoms with Crippen molar-refractivity contribution in [2.45, 2.75) is 11.3 Å². The van der Waals surface area contributed by atoms with Crippen molar-refractivity contribution in [2.24, 2.45) is 0 Å². The number of hydrogen-bond donors (Lipinski definition) is 2. The summed E-state index contributed by atoms with van der Waals surface area (Å²) in [6.07, 6.45) is 0.310. The van der Waals surface area contributed by atoms with Gasteiger partial charge in [0.15, 0.2) is 0 Å². The number of aromatic nitrogens is 1. The van der Waals surface area contributed by atoms with Crippen LogP contribution in [-0.2, 0) is 4.79 Å². The van der Waals surface area contributed by atoms with Crippen molar-refractivity contribution >= 4 is 56.0 Å². The monoisotopic (exact) mass is 411 g/mol. The summed E-state index contributed by atoms with van der Waals surface area (Å²) in [7, 11) is 1.57. The zero-order valence-electron chi connectivity index (χ0n) is 13.7. The number of benzene rings is 2. The number of fused-ring (bicyclic) bond motifs is 1. The fourth-order valence-electron chi connectivity index (χ4n) is 2.15. The van der Waals surface area contributed by atoms with Crippen molar-refractivity contribution in [3.8, 4) is 5.75 Å². The molecule has 2 aromatic carbocycles. The third-order valence-electron chi connectivity index (χ3n) is 3.40. The summed E-state index contributed by atoms with van der Waals surface area (Å²) in [5.41, 5.74) is 6.06. The zero-order chi connectivity index (χ0) is 18.5. The molecule has 1 heterocycles. The van der Waals surface area contributed by atoms with E-state index in [1.807, 2.05) is 0 Å². The van der Waals surface area contributed by atoms with E-state index in [1.54, 1.807) is 31.4 Å². The molecule has 0 aliphatic rings. The predicted molar refractivity (Wildman–Crippen MR) is 105 cm³/mol. The van der Waals surface area contributed by atoms with E-state index in [9.17, 15) is 9.18 Å². The number of halogens is 2. The van der Waals surface area contributed by atoms with Crippen LogP contribution in [-0.4, -0.2) is 23.8 Å². The molecular formula is C17H15ClFN3O2S2. The van der Waals surface area contributed by atoms with Crippen LogP contribution >= 0.6 is 34.7 Å². The van der Waals surface area contributed by atoms with Crippen molar-refractivity contribution in [3.05, 3.63) is 47.2 Å². The molecule has 0 aliphatic carbocycles. The number of ether oxygens (including phenoxy) is 1. The van der Waals surface area contributed by atoms with Gasteiger partial charge in [-0.25, -0.2) is 9.37 Å². The highest BCUT2D eigenvalue weighted by Crippen LogP contribution is 2.37. The van der Waals surface area contributed by atoms with Crippen LogP contribution in [0.15, 0.2) is 41.3 Å². The smallest absolute Gasteiger partial charge is 0.239 e. The van der Waals surface area contributed by atoms with Gasteiger partial charge in [0.2, 0.25) is 11.0 Å². The first-order valence-corrected chi connectivity index (χ1v) is 9.81. The first-order valence-electron chi connectivity index (χ1n) is 7.63. The van der Waals surface area contributed by atoms with Gasteiger partial charge in [0.25, 0.3) is 0 Å². The summed E-state index contributed by atoms with van der Waals surface area (Å²) >= 11 is 8.99. The van der Waals surface area contributed by atoms with Gasteiger partial charge in [-0.1, -0.05) is 22.9 Å². The second-order valence-electron chi connectivity index (χ2n) is 5.17. The summed E-state index contributed by atoms with van der Waals surface area (Å²) in [4.78, 5) is 17.3. The van der Waals surface area contributed by atoms with E-state index < -0.39 is 0 Å². The van der Waals surface area contributed by atoms with E-state index in [0.717, 1.165) is 9.60 Å². The maximum atomic E-state index is 12.8. The summed E-state index contributed by atoms with van der Waals surface area (Å²) in [5.74, 6) is 0.759. The number of hydrogen-bond acceptors (Lipinski definition) is 6. The normalized spacial score (nSPS) is 10.7. The quantitative estimate of drug-likeness (QED) is 0.435. The summed E-state index contributed by atoms with van der Waals surface area (Å²) in [6.45, 7) is 0. The number of anilines is 1. The van der Waals surface area contributed by atoms with Gasteiger partial charge in [0.05, 0.1) is 16.8 Å². The van der Waals surface area contributed by atoms with Crippen molar-refractivity contribution < 1.29 is 13.9 Å². The molecule has 26 heavy (non-hydrogen) atoms. The molecule has 3 rings (SSSR count). The second kappa shape index (κ2) is 8.57. The average molecular weight is 412 g/mol. The van der Waals surface area contributed by atoms with Crippen LogP contribution in [0.5, 0.6) is 5.75 Å². The minimum absolute atomic E-state index is 0.170. The van der Waals surface area contributed by atoms with Crippen LogP contribution < -0.4 is 15.6 Å². The van der Waals surface area contributed by atoms with Gasteiger partial charge in [0.1, 0.15) is 17.1 Å². The molecule has 0 saturated carbocycles. The number of amides is 1. The van der Waals surface area contributed by atoms with Gasteiger partial charge in [-0.3, -0.25) is 15.6 Å². The molecule has 5 nitrogen and oxygen atoms in total. The molecule has 1 aromatic heterocycles. The van der Waals surface area contributed by atoms with Crippen molar-refractivity contribution in [2.75, 3.05) is 18.3 Å². The molecule has 0 unspecified atom stereocenters. The molecular weight excluding hydrogens is 397 g/mol. The van der Waals surface area contributed by atoms with Gasteiger partial charge in [-0.05, 0) is 36.4 Å². The molecule has 0 fully saturated rings. The molecule has 0 aliphatic heterocycles. The van der Waals surface area contributed by atoms with Gasteiger partial charge < -0.3 is 4.74 Å². The molecule has 3 aromatic rings. The fourth-order valence-corrected chi connectivity index (χ4v) is 4.11. The van der Waals surface area contributed by atoms with Gasteiger partial charge in [0, 0.05) is 17.1 Å². The lowest BCUT2D eigenvalue weighted by Crippen LogP contribution is -2.29. The Hall–Kier alpha value is -2.03. The fraction of sp³-hybridized carbons (Fsp3) is 0.176.